The molecule has 0 bridgehead atoms. The number of methoxy groups -OCH3 is 1. The molecule has 6 heteroatoms. The van der Waals surface area contributed by atoms with Crippen LogP contribution in [-0.4, -0.2) is 18.8 Å². The van der Waals surface area contributed by atoms with Crippen LogP contribution in [0, 0.1) is 0 Å². The van der Waals surface area contributed by atoms with Crippen molar-refractivity contribution >= 4 is 34.7 Å². The lowest BCUT2D eigenvalue weighted by Gasteiger charge is -2.35. The molecule has 0 spiro atoms. The number of nitrogens with one attached hydrogen (secondary N) is 1. The van der Waals surface area contributed by atoms with Gasteiger partial charge >= 0.3 is 0 Å². The molecular formula is C32H33ClN2O3. The van der Waals surface area contributed by atoms with Gasteiger partial charge in [0.1, 0.15) is 5.75 Å². The fraction of sp³-hybridized carbons (Fsp3) is 0.312. The molecule has 0 aromatic heterocycles. The van der Waals surface area contributed by atoms with E-state index in [0.29, 0.717) is 29.9 Å². The first kappa shape index (κ1) is 26.1. The number of para-hydroxylation sites is 2. The van der Waals surface area contributed by atoms with Crippen molar-refractivity contribution in [2.24, 2.45) is 0 Å². The number of allylic oxidation sites excluding steroid dienone is 1. The zero-order chi connectivity index (χ0) is 26.6. The van der Waals surface area contributed by atoms with Gasteiger partial charge in [-0.25, -0.2) is 0 Å². The average Bonchev–Trinajstić information content (AvgIpc) is 3.08. The minimum Gasteiger partial charge on any atom is -0.497 e. The highest BCUT2D eigenvalue weighted by Gasteiger charge is 2.41. The van der Waals surface area contributed by atoms with Crippen molar-refractivity contribution in [1.29, 1.82) is 0 Å². The van der Waals surface area contributed by atoms with Gasteiger partial charge in [-0.3, -0.25) is 14.5 Å². The third-order valence-corrected chi connectivity index (χ3v) is 7.78. The summed E-state index contributed by atoms with van der Waals surface area (Å²) in [6.07, 6.45) is 4.31. The lowest BCUT2D eigenvalue weighted by molar-refractivity contribution is -0.119. The van der Waals surface area contributed by atoms with E-state index in [1.165, 1.54) is 0 Å². The largest absolute Gasteiger partial charge is 0.497 e. The molecule has 1 aliphatic heterocycles. The molecule has 2 atom stereocenters. The van der Waals surface area contributed by atoms with Gasteiger partial charge in [0.05, 0.1) is 24.5 Å². The van der Waals surface area contributed by atoms with E-state index in [1.807, 2.05) is 77.7 Å². The van der Waals surface area contributed by atoms with Crippen LogP contribution < -0.4 is 15.0 Å². The lowest BCUT2D eigenvalue weighted by Crippen LogP contribution is -2.38. The van der Waals surface area contributed by atoms with Crippen LogP contribution in [0.1, 0.15) is 68.5 Å². The van der Waals surface area contributed by atoms with E-state index in [2.05, 4.69) is 12.2 Å². The molecule has 1 heterocycles. The van der Waals surface area contributed by atoms with Gasteiger partial charge in [0.2, 0.25) is 5.91 Å². The van der Waals surface area contributed by atoms with Crippen LogP contribution in [0.4, 0.5) is 11.4 Å². The van der Waals surface area contributed by atoms with Gasteiger partial charge < -0.3 is 10.1 Å². The van der Waals surface area contributed by atoms with Gasteiger partial charge in [-0.1, -0.05) is 67.8 Å². The Balaban J connectivity index is 1.63. The van der Waals surface area contributed by atoms with Crippen LogP contribution in [0.25, 0.3) is 0 Å². The molecule has 2 aliphatic rings. The van der Waals surface area contributed by atoms with E-state index >= 15 is 0 Å². The predicted molar refractivity (Wildman–Crippen MR) is 153 cm³/mol. The second-order valence-corrected chi connectivity index (χ2v) is 10.4. The highest BCUT2D eigenvalue weighted by Crippen LogP contribution is 2.47. The minimum absolute atomic E-state index is 0.0199. The molecule has 0 saturated heterocycles. The van der Waals surface area contributed by atoms with E-state index in [-0.39, 0.29) is 17.6 Å². The maximum Gasteiger partial charge on any atom is 0.227 e. The first-order chi connectivity index (χ1) is 18.5. The molecule has 0 saturated carbocycles. The summed E-state index contributed by atoms with van der Waals surface area (Å²) in [5, 5.41) is 4.21. The number of carbonyl (C=O) groups is 2. The van der Waals surface area contributed by atoms with E-state index in [0.717, 1.165) is 53.2 Å². The zero-order valence-electron chi connectivity index (χ0n) is 21.9. The normalized spacial score (nSPS) is 18.8. The molecule has 5 rings (SSSR count). The number of hydrogen-bond acceptors (Lipinski definition) is 4. The van der Waals surface area contributed by atoms with Gasteiger partial charge in [-0.2, -0.15) is 0 Å². The van der Waals surface area contributed by atoms with Gasteiger partial charge in [-0.15, -0.1) is 0 Å². The Bertz CT molecular complexity index is 1350. The average molecular weight is 529 g/mol. The SMILES string of the molecule is CCCCCC(=O)N1c2ccccc2NC2=C(C(=O)C[C@H](c3ccc(OC)cc3)C2)[C@@H]1c1ccc(Cl)cc1. The Kier molecular flexibility index (Phi) is 7.85. The number of ether oxygens (including phenoxy) is 1. The molecule has 1 aliphatic carbocycles. The number of halogens is 1. The fourth-order valence-corrected chi connectivity index (χ4v) is 5.71. The number of unbranched alkanes of at least 4 members (excludes halogenated alkanes) is 2. The molecule has 196 valence electrons. The molecule has 1 N–H and O–H groups in total. The summed E-state index contributed by atoms with van der Waals surface area (Å²) >= 11 is 6.24. The van der Waals surface area contributed by atoms with E-state index < -0.39 is 6.04 Å². The van der Waals surface area contributed by atoms with Gasteiger partial charge in [0.15, 0.2) is 5.78 Å². The Morgan fingerprint density at radius 1 is 0.974 bits per heavy atom. The highest BCUT2D eigenvalue weighted by molar-refractivity contribution is 6.30. The highest BCUT2D eigenvalue weighted by atomic mass is 35.5. The summed E-state index contributed by atoms with van der Waals surface area (Å²) in [5.41, 5.74) is 5.14. The minimum atomic E-state index is -0.531. The third-order valence-electron chi connectivity index (χ3n) is 7.52. The van der Waals surface area contributed by atoms with Crippen LogP contribution in [0.2, 0.25) is 5.02 Å². The molecule has 3 aromatic carbocycles. The number of benzene rings is 3. The maximum atomic E-state index is 14.0. The number of hydrogen-bond donors (Lipinski definition) is 1. The zero-order valence-corrected chi connectivity index (χ0v) is 22.6. The van der Waals surface area contributed by atoms with Gasteiger partial charge in [0.25, 0.3) is 0 Å². The summed E-state index contributed by atoms with van der Waals surface area (Å²) in [6, 6.07) is 22.8. The molecule has 3 aromatic rings. The fourth-order valence-electron chi connectivity index (χ4n) is 5.58. The van der Waals surface area contributed by atoms with E-state index in [9.17, 15) is 9.59 Å². The standard InChI is InChI=1S/C32H33ClN2O3/c1-3-4-5-10-30(37)35-28-9-7-6-8-26(28)34-27-19-23(21-13-17-25(38-2)18-14-21)20-29(36)31(27)32(35)22-11-15-24(33)16-12-22/h6-9,11-18,23,32,34H,3-5,10,19-20H2,1-2H3/t23-,32+/m1/s1. The second-order valence-electron chi connectivity index (χ2n) is 10.0. The van der Waals surface area contributed by atoms with Crippen molar-refractivity contribution in [1.82, 2.24) is 0 Å². The molecule has 0 unspecified atom stereocenters. The van der Waals surface area contributed by atoms with Gasteiger partial charge in [0, 0.05) is 29.1 Å². The monoisotopic (exact) mass is 528 g/mol. The lowest BCUT2D eigenvalue weighted by atomic mass is 9.78. The maximum absolute atomic E-state index is 14.0. The summed E-state index contributed by atoms with van der Waals surface area (Å²) in [4.78, 5) is 29.8. The number of ketones is 1. The van der Waals surface area contributed by atoms with Crippen LogP contribution in [0.3, 0.4) is 0 Å². The quantitative estimate of drug-likeness (QED) is 0.317. The summed E-state index contributed by atoms with van der Waals surface area (Å²) in [6.45, 7) is 2.13. The van der Waals surface area contributed by atoms with E-state index in [1.54, 1.807) is 7.11 Å². The van der Waals surface area contributed by atoms with E-state index in [4.69, 9.17) is 16.3 Å². The topological polar surface area (TPSA) is 58.6 Å². The number of fused-ring (bicyclic) bond motifs is 1. The van der Waals surface area contributed by atoms with Crippen molar-refractivity contribution in [3.8, 4) is 5.75 Å². The third kappa shape index (κ3) is 5.21. The first-order valence-corrected chi connectivity index (χ1v) is 13.7. The molecule has 0 fully saturated rings. The summed E-state index contributed by atoms with van der Waals surface area (Å²) in [7, 11) is 1.65. The molecular weight excluding hydrogens is 496 g/mol. The second kappa shape index (κ2) is 11.4. The van der Waals surface area contributed by atoms with Gasteiger partial charge in [-0.05, 0) is 66.3 Å². The van der Waals surface area contributed by atoms with Crippen LogP contribution in [0.15, 0.2) is 84.1 Å². The molecule has 1 amide bonds. The van der Waals surface area contributed by atoms with Crippen molar-refractivity contribution in [2.75, 3.05) is 17.3 Å². The Morgan fingerprint density at radius 3 is 2.39 bits per heavy atom. The summed E-state index contributed by atoms with van der Waals surface area (Å²) < 4.78 is 5.32. The number of carbonyl (C=O) groups excluding carboxylic acids is 2. The Hall–Kier alpha value is -3.57. The number of anilines is 2. The first-order valence-electron chi connectivity index (χ1n) is 13.3. The Labute approximate surface area is 229 Å². The van der Waals surface area contributed by atoms with Crippen molar-refractivity contribution in [3.05, 3.63) is 100 Å². The molecule has 0 radical (unpaired) electrons. The number of Topliss-reactive ketones (excluding diaryl/α,β-unsaturated/α-hetero) is 1. The predicted octanol–water partition coefficient (Wildman–Crippen LogP) is 7.83. The van der Waals surface area contributed by atoms with Crippen molar-refractivity contribution in [3.63, 3.8) is 0 Å². The summed E-state index contributed by atoms with van der Waals surface area (Å²) in [5.74, 6) is 0.895. The molecule has 5 nitrogen and oxygen atoms in total. The van der Waals surface area contributed by atoms with Crippen LogP contribution in [0.5, 0.6) is 5.75 Å². The molecule has 38 heavy (non-hydrogen) atoms. The Morgan fingerprint density at radius 2 is 1.68 bits per heavy atom. The van der Waals surface area contributed by atoms with Crippen LogP contribution >= 0.6 is 11.6 Å². The van der Waals surface area contributed by atoms with Crippen molar-refractivity contribution < 1.29 is 14.3 Å². The number of rotatable bonds is 7. The van der Waals surface area contributed by atoms with Crippen LogP contribution in [-0.2, 0) is 9.59 Å². The number of nitrogens with zero attached hydrogens (tertiary/aromatic N) is 1. The smallest absolute Gasteiger partial charge is 0.227 e. The number of amides is 1. The van der Waals surface area contributed by atoms with Crippen molar-refractivity contribution in [2.45, 2.75) is 57.4 Å².